The quantitative estimate of drug-likeness (QED) is 0.209. The lowest BCUT2D eigenvalue weighted by Crippen LogP contribution is -2.43. The third kappa shape index (κ3) is 7.98. The number of alkyl carbamates (subject to hydrolysis) is 1. The van der Waals surface area contributed by atoms with E-state index in [4.69, 9.17) is 9.47 Å². The van der Waals surface area contributed by atoms with Crippen LogP contribution in [0.25, 0.3) is 11.1 Å². The zero-order valence-corrected chi connectivity index (χ0v) is 24.7. The van der Waals surface area contributed by atoms with Crippen LogP contribution >= 0.6 is 21.6 Å². The summed E-state index contributed by atoms with van der Waals surface area (Å²) in [5, 5.41) is 12.2. The predicted molar refractivity (Wildman–Crippen MR) is 162 cm³/mol. The molecule has 2 amide bonds. The fraction of sp³-hybridized carbons (Fsp3) is 0.323. The second-order valence-electron chi connectivity index (χ2n) is 9.67. The monoisotopic (exact) mass is 594 g/mol. The molecule has 3 aromatic carbocycles. The number of carbonyl (C=O) groups is 3. The number of nitrogens with one attached hydrogen (secondary N) is 1. The number of aliphatic carboxylic acids is 1. The lowest BCUT2D eigenvalue weighted by molar-refractivity contribution is -0.138. The van der Waals surface area contributed by atoms with Crippen LogP contribution in [0.15, 0.2) is 77.7 Å². The van der Waals surface area contributed by atoms with Crippen molar-refractivity contribution in [3.8, 4) is 11.1 Å². The Morgan fingerprint density at radius 3 is 2.24 bits per heavy atom. The topological polar surface area (TPSA) is 105 Å². The average Bonchev–Trinajstić information content (AvgIpc) is 3.31. The van der Waals surface area contributed by atoms with Gasteiger partial charge in [-0.3, -0.25) is 0 Å². The van der Waals surface area contributed by atoms with Crippen molar-refractivity contribution in [3.63, 3.8) is 0 Å². The maximum absolute atomic E-state index is 12.6. The van der Waals surface area contributed by atoms with E-state index in [1.807, 2.05) is 60.7 Å². The maximum atomic E-state index is 12.6. The number of hydrogen-bond donors (Lipinski definition) is 2. The molecule has 3 aromatic rings. The molecule has 8 nitrogen and oxygen atoms in total. The maximum Gasteiger partial charge on any atom is 0.409 e. The zero-order valence-electron chi connectivity index (χ0n) is 23.1. The van der Waals surface area contributed by atoms with Gasteiger partial charge < -0.3 is 24.8 Å². The second-order valence-corrected chi connectivity index (χ2v) is 12.0. The highest BCUT2D eigenvalue weighted by molar-refractivity contribution is 8.76. The molecule has 0 aliphatic heterocycles. The van der Waals surface area contributed by atoms with E-state index in [1.54, 1.807) is 11.9 Å². The van der Waals surface area contributed by atoms with Crippen LogP contribution in [0.2, 0.25) is 0 Å². The Balaban J connectivity index is 1.28. The van der Waals surface area contributed by atoms with Gasteiger partial charge in [-0.2, -0.15) is 0 Å². The molecule has 1 aliphatic rings. The van der Waals surface area contributed by atoms with Crippen LogP contribution in [-0.4, -0.2) is 60.2 Å². The van der Waals surface area contributed by atoms with Crippen molar-refractivity contribution in [2.45, 2.75) is 43.2 Å². The van der Waals surface area contributed by atoms with E-state index >= 15 is 0 Å². The molecule has 0 bridgehead atoms. The lowest BCUT2D eigenvalue weighted by Gasteiger charge is -2.18. The minimum Gasteiger partial charge on any atom is -0.480 e. The Labute approximate surface area is 248 Å². The summed E-state index contributed by atoms with van der Waals surface area (Å²) in [6.45, 7) is 2.91. The second kappa shape index (κ2) is 14.8. The first-order chi connectivity index (χ1) is 19.9. The van der Waals surface area contributed by atoms with Gasteiger partial charge >= 0.3 is 18.2 Å². The van der Waals surface area contributed by atoms with Crippen molar-refractivity contribution in [1.29, 1.82) is 0 Å². The third-order valence-electron chi connectivity index (χ3n) is 6.80. The van der Waals surface area contributed by atoms with E-state index in [1.165, 1.54) is 21.6 Å². The van der Waals surface area contributed by atoms with Crippen molar-refractivity contribution in [3.05, 3.63) is 89.5 Å². The number of carbonyl (C=O) groups excluding carboxylic acids is 2. The van der Waals surface area contributed by atoms with Crippen molar-refractivity contribution in [1.82, 2.24) is 10.2 Å². The highest BCUT2D eigenvalue weighted by atomic mass is 33.1. The fourth-order valence-electron chi connectivity index (χ4n) is 4.56. The molecule has 0 fully saturated rings. The van der Waals surface area contributed by atoms with Crippen molar-refractivity contribution >= 4 is 39.7 Å². The van der Waals surface area contributed by atoms with Crippen molar-refractivity contribution < 1.29 is 29.0 Å². The van der Waals surface area contributed by atoms with E-state index in [2.05, 4.69) is 24.4 Å². The molecule has 10 heteroatoms. The van der Waals surface area contributed by atoms with Gasteiger partial charge in [0.25, 0.3) is 0 Å². The van der Waals surface area contributed by atoms with Gasteiger partial charge in [0, 0.05) is 35.7 Å². The van der Waals surface area contributed by atoms with Gasteiger partial charge in [-0.15, -0.1) is 0 Å². The molecule has 41 heavy (non-hydrogen) atoms. The zero-order chi connectivity index (χ0) is 29.2. The Morgan fingerprint density at radius 2 is 1.59 bits per heavy atom. The highest BCUT2D eigenvalue weighted by Gasteiger charge is 2.30. The smallest absolute Gasteiger partial charge is 0.409 e. The first kappa shape index (κ1) is 30.3. The van der Waals surface area contributed by atoms with E-state index in [9.17, 15) is 19.5 Å². The normalized spacial score (nSPS) is 12.6. The molecule has 0 unspecified atom stereocenters. The van der Waals surface area contributed by atoms with E-state index in [-0.39, 0.29) is 31.0 Å². The third-order valence-corrected chi connectivity index (χ3v) is 9.27. The first-order valence-electron chi connectivity index (χ1n) is 13.5. The molecule has 0 radical (unpaired) electrons. The minimum atomic E-state index is -1.15. The summed E-state index contributed by atoms with van der Waals surface area (Å²) in [5.41, 5.74) is 5.22. The van der Waals surface area contributed by atoms with E-state index < -0.39 is 18.1 Å². The van der Waals surface area contributed by atoms with Crippen LogP contribution in [0, 0.1) is 0 Å². The molecule has 0 heterocycles. The summed E-state index contributed by atoms with van der Waals surface area (Å²) in [5.74, 6) is -1.15. The van der Waals surface area contributed by atoms with E-state index in [0.29, 0.717) is 6.54 Å². The average molecular weight is 595 g/mol. The Kier molecular flexibility index (Phi) is 11.0. The SMILES string of the molecule is CCCCN(C)C(=O)OCc1ccccc1SSC[C@H](NC(=O)OCC1c2ccccc2-c2ccccc21)C(=O)O. The van der Waals surface area contributed by atoms with Crippen LogP contribution in [0.4, 0.5) is 9.59 Å². The lowest BCUT2D eigenvalue weighted by atomic mass is 9.98. The predicted octanol–water partition coefficient (Wildman–Crippen LogP) is 6.79. The number of hydrogen-bond acceptors (Lipinski definition) is 7. The van der Waals surface area contributed by atoms with Crippen molar-refractivity contribution in [2.24, 2.45) is 0 Å². The van der Waals surface area contributed by atoms with Gasteiger partial charge in [0.15, 0.2) is 0 Å². The summed E-state index contributed by atoms with van der Waals surface area (Å²) in [6.07, 6.45) is 0.735. The molecule has 2 N–H and O–H groups in total. The van der Waals surface area contributed by atoms with Crippen molar-refractivity contribution in [2.75, 3.05) is 26.0 Å². The van der Waals surface area contributed by atoms with Crippen LogP contribution in [-0.2, 0) is 20.9 Å². The number of benzene rings is 3. The number of amides is 2. The highest BCUT2D eigenvalue weighted by Crippen LogP contribution is 2.44. The molecule has 1 atom stereocenters. The molecule has 0 saturated heterocycles. The van der Waals surface area contributed by atoms with Gasteiger partial charge in [-0.25, -0.2) is 14.4 Å². The molecule has 0 saturated carbocycles. The number of unbranched alkanes of at least 4 members (excludes halogenated alkanes) is 1. The number of nitrogens with zero attached hydrogens (tertiary/aromatic N) is 1. The summed E-state index contributed by atoms with van der Waals surface area (Å²) >= 11 is 0. The Morgan fingerprint density at radius 1 is 0.951 bits per heavy atom. The molecular formula is C31H34N2O6S2. The molecule has 0 aromatic heterocycles. The summed E-state index contributed by atoms with van der Waals surface area (Å²) in [7, 11) is 4.37. The van der Waals surface area contributed by atoms with Gasteiger partial charge in [0.1, 0.15) is 19.3 Å². The Hall–Kier alpha value is -3.63. The largest absolute Gasteiger partial charge is 0.480 e. The number of ether oxygens (including phenoxy) is 2. The Bertz CT molecular complexity index is 1320. The molecular weight excluding hydrogens is 560 g/mol. The molecule has 216 valence electrons. The number of carboxylic acid groups (broad SMARTS) is 1. The number of rotatable bonds is 13. The van der Waals surface area contributed by atoms with Crippen LogP contribution in [0.5, 0.6) is 0 Å². The van der Waals surface area contributed by atoms with Gasteiger partial charge in [-0.1, -0.05) is 102 Å². The summed E-state index contributed by atoms with van der Waals surface area (Å²) < 4.78 is 11.0. The van der Waals surface area contributed by atoms with E-state index in [0.717, 1.165) is 45.6 Å². The van der Waals surface area contributed by atoms with Crippen LogP contribution < -0.4 is 5.32 Å². The van der Waals surface area contributed by atoms with Crippen LogP contribution in [0.3, 0.4) is 0 Å². The molecule has 4 rings (SSSR count). The molecule has 0 spiro atoms. The van der Waals surface area contributed by atoms with Gasteiger partial charge in [0.2, 0.25) is 0 Å². The summed E-state index contributed by atoms with van der Waals surface area (Å²) in [4.78, 5) is 39.2. The van der Waals surface area contributed by atoms with Crippen LogP contribution in [0.1, 0.15) is 42.4 Å². The van der Waals surface area contributed by atoms with Gasteiger partial charge in [0.05, 0.1) is 0 Å². The number of carboxylic acids is 1. The number of fused-ring (bicyclic) bond motifs is 3. The van der Waals surface area contributed by atoms with Gasteiger partial charge in [-0.05, 0) is 34.7 Å². The summed E-state index contributed by atoms with van der Waals surface area (Å²) in [6, 6.07) is 22.4. The first-order valence-corrected chi connectivity index (χ1v) is 15.8. The standard InChI is InChI=1S/C31H34N2O6S2/c1-3-4-17-33(2)31(37)39-18-21-11-5-10-16-28(21)41-40-20-27(29(34)35)32-30(36)38-19-26-24-14-8-6-12-22(24)23-13-7-9-15-25(23)26/h5-16,26-27H,3-4,17-20H2,1-2H3,(H,32,36)(H,34,35)/t27-/m0/s1. The fourth-order valence-corrected chi connectivity index (χ4v) is 6.97. The minimum absolute atomic E-state index is 0.105. The molecule has 1 aliphatic carbocycles.